The maximum Gasteiger partial charge on any atom is 0.296 e. The lowest BCUT2D eigenvalue weighted by molar-refractivity contribution is 0.100. The van der Waals surface area contributed by atoms with E-state index in [1.54, 1.807) is 64.2 Å². The molecule has 0 unspecified atom stereocenters. The van der Waals surface area contributed by atoms with Crippen molar-refractivity contribution >= 4 is 21.6 Å². The van der Waals surface area contributed by atoms with Gasteiger partial charge in [-0.1, -0.05) is 30.3 Å². The van der Waals surface area contributed by atoms with Crippen molar-refractivity contribution in [1.82, 2.24) is 14.3 Å². The number of hydrogen-bond donors (Lipinski definition) is 0. The molecule has 0 N–H and O–H groups in total. The minimum Gasteiger partial charge on any atom is -0.283 e. The van der Waals surface area contributed by atoms with Crippen LogP contribution in [0.15, 0.2) is 82.7 Å². The van der Waals surface area contributed by atoms with E-state index in [1.165, 1.54) is 40.0 Å². The van der Waals surface area contributed by atoms with Gasteiger partial charge in [0.1, 0.15) is 5.69 Å². The molecule has 2 aromatic carbocycles. The summed E-state index contributed by atoms with van der Waals surface area (Å²) in [6.45, 7) is 5.03. The Kier molecular flexibility index (Phi) is 5.97. The van der Waals surface area contributed by atoms with Crippen LogP contribution in [-0.4, -0.2) is 28.7 Å². The van der Waals surface area contributed by atoms with Gasteiger partial charge in [0.2, 0.25) is 0 Å². The molecule has 0 aliphatic rings. The van der Waals surface area contributed by atoms with Crippen molar-refractivity contribution in [3.8, 4) is 5.69 Å². The normalized spacial score (nSPS) is 11.4. The van der Waals surface area contributed by atoms with Gasteiger partial charge in [0.15, 0.2) is 0 Å². The maximum atomic E-state index is 14.0. The molecule has 0 spiro atoms. The quantitative estimate of drug-likeness (QED) is 0.439. The molecule has 174 valence electrons. The van der Waals surface area contributed by atoms with Crippen LogP contribution in [0.4, 0.5) is 5.69 Å². The van der Waals surface area contributed by atoms with Crippen LogP contribution < -0.4 is 9.86 Å². The van der Waals surface area contributed by atoms with Crippen LogP contribution in [0.3, 0.4) is 0 Å². The van der Waals surface area contributed by atoms with Crippen molar-refractivity contribution in [3.63, 3.8) is 0 Å². The molecule has 0 atom stereocenters. The van der Waals surface area contributed by atoms with Crippen molar-refractivity contribution in [3.05, 3.63) is 106 Å². The number of aryl methyl sites for hydroxylation is 2. The Bertz CT molecular complexity index is 1540. The van der Waals surface area contributed by atoms with Crippen LogP contribution in [0.1, 0.15) is 27.2 Å². The molecule has 0 aliphatic heterocycles. The lowest BCUT2D eigenvalue weighted by Gasteiger charge is -2.22. The van der Waals surface area contributed by atoms with Crippen molar-refractivity contribution in [1.29, 1.82) is 0 Å². The van der Waals surface area contributed by atoms with E-state index in [0.717, 1.165) is 0 Å². The largest absolute Gasteiger partial charge is 0.296 e. The Balaban J connectivity index is 2.04. The van der Waals surface area contributed by atoms with Gasteiger partial charge >= 0.3 is 0 Å². The number of sulfonamides is 1. The monoisotopic (exact) mass is 476 g/mol. The molecule has 34 heavy (non-hydrogen) atoms. The second-order valence-electron chi connectivity index (χ2n) is 8.00. The third-order valence-electron chi connectivity index (χ3n) is 5.68. The minimum absolute atomic E-state index is 0.0429. The predicted octanol–water partition coefficient (Wildman–Crippen LogP) is 3.53. The molecule has 0 radical (unpaired) electrons. The number of aromatic nitrogens is 3. The smallest absolute Gasteiger partial charge is 0.283 e. The number of hydrogen-bond acceptors (Lipinski definition) is 5. The lowest BCUT2D eigenvalue weighted by atomic mass is 10.2. The van der Waals surface area contributed by atoms with Crippen molar-refractivity contribution in [2.75, 3.05) is 4.31 Å². The van der Waals surface area contributed by atoms with Gasteiger partial charge in [-0.15, -0.1) is 0 Å². The molecule has 2 heterocycles. The minimum atomic E-state index is -4.46. The van der Waals surface area contributed by atoms with Crippen LogP contribution in [0.25, 0.3) is 5.69 Å². The summed E-state index contributed by atoms with van der Waals surface area (Å²) in [6.07, 6.45) is 2.76. The average molecular weight is 477 g/mol. The second-order valence-corrected chi connectivity index (χ2v) is 9.75. The molecule has 1 amide bonds. The fraction of sp³-hybridized carbons (Fsp3) is 0.160. The van der Waals surface area contributed by atoms with Crippen LogP contribution in [-0.2, 0) is 17.1 Å². The number of amides is 1. The first kappa shape index (κ1) is 23.2. The van der Waals surface area contributed by atoms with Gasteiger partial charge in [0, 0.05) is 19.4 Å². The predicted molar refractivity (Wildman–Crippen MR) is 130 cm³/mol. The zero-order chi connectivity index (χ0) is 24.6. The summed E-state index contributed by atoms with van der Waals surface area (Å²) in [6, 6.07) is 16.8. The summed E-state index contributed by atoms with van der Waals surface area (Å²) in [5.41, 5.74) is 1.22. The van der Waals surface area contributed by atoms with Gasteiger partial charge in [0.05, 0.1) is 21.8 Å². The summed E-state index contributed by atoms with van der Waals surface area (Å²) >= 11 is 0. The van der Waals surface area contributed by atoms with E-state index in [-0.39, 0.29) is 16.1 Å². The number of para-hydroxylation sites is 1. The van der Waals surface area contributed by atoms with Gasteiger partial charge in [0.25, 0.3) is 21.5 Å². The summed E-state index contributed by atoms with van der Waals surface area (Å²) in [7, 11) is -2.81. The van der Waals surface area contributed by atoms with E-state index < -0.39 is 21.5 Å². The van der Waals surface area contributed by atoms with Crippen molar-refractivity contribution < 1.29 is 13.2 Å². The third kappa shape index (κ3) is 3.84. The van der Waals surface area contributed by atoms with E-state index in [4.69, 9.17) is 0 Å². The number of carbonyl (C=O) groups excluding carboxylic acids is 1. The van der Waals surface area contributed by atoms with E-state index in [9.17, 15) is 18.0 Å². The Labute approximate surface area is 197 Å². The molecule has 4 aromatic rings. The van der Waals surface area contributed by atoms with Crippen molar-refractivity contribution in [2.45, 2.75) is 25.7 Å². The number of pyridine rings is 1. The van der Waals surface area contributed by atoms with E-state index in [0.29, 0.717) is 26.8 Å². The fourth-order valence-electron chi connectivity index (χ4n) is 3.81. The zero-order valence-corrected chi connectivity index (χ0v) is 20.1. The van der Waals surface area contributed by atoms with Gasteiger partial charge in [-0.2, -0.15) is 4.31 Å². The van der Waals surface area contributed by atoms with Gasteiger partial charge in [-0.05, 0) is 62.2 Å². The second kappa shape index (κ2) is 8.75. The standard InChI is InChI=1S/C25H24N4O4S/c1-17-12-13-18(2)22(15-17)34(32,33)29(24(30)20-9-8-14-26-16-20)23-19(3)27(4)28(25(23)31)21-10-6-5-7-11-21/h5-16H,1-4H3. The Hall–Kier alpha value is -3.98. The van der Waals surface area contributed by atoms with Crippen LogP contribution in [0.5, 0.6) is 0 Å². The summed E-state index contributed by atoms with van der Waals surface area (Å²) in [5.74, 6) is -0.861. The Morgan fingerprint density at radius 3 is 2.32 bits per heavy atom. The van der Waals surface area contributed by atoms with E-state index in [1.807, 2.05) is 6.07 Å². The molecule has 0 aliphatic carbocycles. The molecule has 0 saturated heterocycles. The lowest BCUT2D eigenvalue weighted by Crippen LogP contribution is -2.40. The van der Waals surface area contributed by atoms with Crippen LogP contribution >= 0.6 is 0 Å². The zero-order valence-electron chi connectivity index (χ0n) is 19.3. The van der Waals surface area contributed by atoms with Crippen molar-refractivity contribution in [2.24, 2.45) is 7.05 Å². The molecular formula is C25H24N4O4S. The maximum absolute atomic E-state index is 14.0. The summed E-state index contributed by atoms with van der Waals surface area (Å²) in [5, 5.41) is 0. The first-order valence-electron chi connectivity index (χ1n) is 10.6. The highest BCUT2D eigenvalue weighted by Crippen LogP contribution is 2.29. The molecule has 0 bridgehead atoms. The third-order valence-corrected chi connectivity index (χ3v) is 7.51. The molecular weight excluding hydrogens is 452 g/mol. The SMILES string of the molecule is Cc1ccc(C)c(S(=O)(=O)N(C(=O)c2cccnc2)c2c(C)n(C)n(-c3ccccc3)c2=O)c1. The molecule has 8 nitrogen and oxygen atoms in total. The Morgan fingerprint density at radius 2 is 1.68 bits per heavy atom. The molecule has 4 rings (SSSR count). The number of benzene rings is 2. The average Bonchev–Trinajstić information content (AvgIpc) is 3.05. The molecule has 9 heteroatoms. The number of rotatable bonds is 5. The number of nitrogens with zero attached hydrogens (tertiary/aromatic N) is 4. The first-order valence-corrected chi connectivity index (χ1v) is 12.0. The number of carbonyl (C=O) groups is 1. The Morgan fingerprint density at radius 1 is 0.971 bits per heavy atom. The van der Waals surface area contributed by atoms with Gasteiger partial charge in [-0.3, -0.25) is 19.3 Å². The van der Waals surface area contributed by atoms with Gasteiger partial charge in [-0.25, -0.2) is 13.1 Å². The van der Waals surface area contributed by atoms with Crippen LogP contribution in [0.2, 0.25) is 0 Å². The molecule has 0 saturated carbocycles. The molecule has 2 aromatic heterocycles. The van der Waals surface area contributed by atoms with E-state index in [2.05, 4.69) is 4.98 Å². The summed E-state index contributed by atoms with van der Waals surface area (Å²) in [4.78, 5) is 31.3. The highest BCUT2D eigenvalue weighted by molar-refractivity contribution is 7.93. The molecule has 0 fully saturated rings. The highest BCUT2D eigenvalue weighted by atomic mass is 32.2. The van der Waals surface area contributed by atoms with E-state index >= 15 is 0 Å². The topological polar surface area (TPSA) is 94.3 Å². The first-order chi connectivity index (χ1) is 16.1. The van der Waals surface area contributed by atoms with Gasteiger partial charge < -0.3 is 0 Å². The highest BCUT2D eigenvalue weighted by Gasteiger charge is 2.38. The fourth-order valence-corrected chi connectivity index (χ4v) is 5.59. The number of anilines is 1. The van der Waals surface area contributed by atoms with Crippen LogP contribution in [0, 0.1) is 20.8 Å². The summed E-state index contributed by atoms with van der Waals surface area (Å²) < 4.78 is 31.5.